The molecule has 0 spiro atoms. The zero-order valence-electron chi connectivity index (χ0n) is 12.7. The Labute approximate surface area is 147 Å². The first-order valence-electron chi connectivity index (χ1n) is 6.89. The fourth-order valence-corrected chi connectivity index (χ4v) is 2.92. The van der Waals surface area contributed by atoms with Crippen LogP contribution < -0.4 is 10.1 Å². The molecular formula is C16H16BrFN2O2S. The van der Waals surface area contributed by atoms with Crippen LogP contribution in [0.4, 0.5) is 4.39 Å². The highest BCUT2D eigenvalue weighted by atomic mass is 79.9. The van der Waals surface area contributed by atoms with Crippen LogP contribution in [0.25, 0.3) is 0 Å². The second-order valence-electron chi connectivity index (χ2n) is 4.86. The molecule has 1 aromatic heterocycles. The number of ether oxygens (including phenoxy) is 1. The summed E-state index contributed by atoms with van der Waals surface area (Å²) >= 11 is 4.88. The molecule has 122 valence electrons. The summed E-state index contributed by atoms with van der Waals surface area (Å²) < 4.78 is 19.3. The van der Waals surface area contributed by atoms with Gasteiger partial charge in [0.15, 0.2) is 0 Å². The summed E-state index contributed by atoms with van der Waals surface area (Å²) in [6.45, 7) is 1.93. The second-order valence-corrected chi connectivity index (χ2v) is 6.63. The lowest BCUT2D eigenvalue weighted by Crippen LogP contribution is -2.34. The van der Waals surface area contributed by atoms with Gasteiger partial charge in [-0.25, -0.2) is 9.37 Å². The predicted octanol–water partition coefficient (Wildman–Crippen LogP) is 4.26. The maximum Gasteiger partial charge on any atom is 0.257 e. The Balaban J connectivity index is 2.21. The minimum Gasteiger partial charge on any atom is -0.437 e. The van der Waals surface area contributed by atoms with Crippen LogP contribution >= 0.6 is 27.7 Å². The first-order valence-corrected chi connectivity index (χ1v) is 9.07. The maximum atomic E-state index is 13.1. The number of carbonyl (C=O) groups is 1. The van der Waals surface area contributed by atoms with Crippen LogP contribution in [0.1, 0.15) is 17.3 Å². The number of nitrogens with one attached hydrogen (secondary N) is 1. The molecule has 1 atom stereocenters. The molecule has 2 rings (SSSR count). The minimum absolute atomic E-state index is 0.0307. The number of benzene rings is 1. The van der Waals surface area contributed by atoms with Crippen molar-refractivity contribution in [1.82, 2.24) is 10.3 Å². The normalized spacial score (nSPS) is 11.8. The Morgan fingerprint density at radius 2 is 2.26 bits per heavy atom. The second kappa shape index (κ2) is 8.31. The zero-order valence-corrected chi connectivity index (χ0v) is 15.1. The molecule has 0 saturated carbocycles. The van der Waals surface area contributed by atoms with Gasteiger partial charge in [-0.05, 0) is 59.4 Å². The molecule has 4 nitrogen and oxygen atoms in total. The van der Waals surface area contributed by atoms with E-state index in [1.54, 1.807) is 23.9 Å². The summed E-state index contributed by atoms with van der Waals surface area (Å²) in [6.07, 6.45) is 3.52. The lowest BCUT2D eigenvalue weighted by molar-refractivity contribution is 0.0941. The lowest BCUT2D eigenvalue weighted by atomic mass is 10.2. The third-order valence-electron chi connectivity index (χ3n) is 2.91. The van der Waals surface area contributed by atoms with E-state index in [1.807, 2.05) is 13.2 Å². The number of rotatable bonds is 6. The topological polar surface area (TPSA) is 51.2 Å². The summed E-state index contributed by atoms with van der Waals surface area (Å²) in [5, 5.41) is 2.90. The number of hydrogen-bond donors (Lipinski definition) is 1. The Hall–Kier alpha value is -1.60. The van der Waals surface area contributed by atoms with Crippen LogP contribution in [0.2, 0.25) is 0 Å². The van der Waals surface area contributed by atoms with Gasteiger partial charge in [0.25, 0.3) is 5.91 Å². The smallest absolute Gasteiger partial charge is 0.257 e. The average Bonchev–Trinajstić information content (AvgIpc) is 2.50. The van der Waals surface area contributed by atoms with Crippen LogP contribution in [-0.4, -0.2) is 28.9 Å². The Morgan fingerprint density at radius 1 is 1.48 bits per heavy atom. The van der Waals surface area contributed by atoms with Gasteiger partial charge in [-0.3, -0.25) is 4.79 Å². The number of hydrogen-bond acceptors (Lipinski definition) is 4. The summed E-state index contributed by atoms with van der Waals surface area (Å²) in [4.78, 5) is 16.5. The van der Waals surface area contributed by atoms with Gasteiger partial charge in [0.05, 0.1) is 4.47 Å². The van der Waals surface area contributed by atoms with Crippen molar-refractivity contribution in [3.8, 4) is 11.6 Å². The molecule has 0 aliphatic rings. The number of pyridine rings is 1. The third kappa shape index (κ3) is 4.94. The first kappa shape index (κ1) is 17.7. The van der Waals surface area contributed by atoms with Crippen molar-refractivity contribution in [2.45, 2.75) is 13.0 Å². The molecular weight excluding hydrogens is 383 g/mol. The lowest BCUT2D eigenvalue weighted by Gasteiger charge is -2.14. The van der Waals surface area contributed by atoms with Gasteiger partial charge in [0, 0.05) is 18.0 Å². The van der Waals surface area contributed by atoms with E-state index in [-0.39, 0.29) is 23.6 Å². The van der Waals surface area contributed by atoms with E-state index < -0.39 is 0 Å². The number of halogens is 2. The van der Waals surface area contributed by atoms with Crippen molar-refractivity contribution >= 4 is 33.6 Å². The van der Waals surface area contributed by atoms with Gasteiger partial charge in [0.2, 0.25) is 5.88 Å². The molecule has 1 aromatic carbocycles. The van der Waals surface area contributed by atoms with Crippen molar-refractivity contribution in [3.63, 3.8) is 0 Å². The number of aromatic nitrogens is 1. The zero-order chi connectivity index (χ0) is 16.8. The highest BCUT2D eigenvalue weighted by Crippen LogP contribution is 2.30. The van der Waals surface area contributed by atoms with E-state index >= 15 is 0 Å². The summed E-state index contributed by atoms with van der Waals surface area (Å²) in [6, 6.07) is 7.39. The Morgan fingerprint density at radius 3 is 2.96 bits per heavy atom. The Bertz CT molecular complexity index is 700. The van der Waals surface area contributed by atoms with Crippen LogP contribution in [0.15, 0.2) is 41.0 Å². The number of carbonyl (C=O) groups excluding carboxylic acids is 1. The number of amides is 1. The molecule has 0 saturated heterocycles. The van der Waals surface area contributed by atoms with Gasteiger partial charge < -0.3 is 10.1 Å². The van der Waals surface area contributed by atoms with Gasteiger partial charge in [-0.2, -0.15) is 11.8 Å². The molecule has 0 radical (unpaired) electrons. The molecule has 0 aliphatic carbocycles. The molecule has 0 aliphatic heterocycles. The predicted molar refractivity (Wildman–Crippen MR) is 93.7 cm³/mol. The van der Waals surface area contributed by atoms with Crippen LogP contribution in [0, 0.1) is 5.82 Å². The molecule has 1 amide bonds. The van der Waals surface area contributed by atoms with Crippen molar-refractivity contribution in [2.24, 2.45) is 0 Å². The van der Waals surface area contributed by atoms with Crippen LogP contribution in [0.5, 0.6) is 11.6 Å². The first-order chi connectivity index (χ1) is 11.0. The van der Waals surface area contributed by atoms with Gasteiger partial charge in [-0.15, -0.1) is 0 Å². The van der Waals surface area contributed by atoms with E-state index in [9.17, 15) is 9.18 Å². The van der Waals surface area contributed by atoms with Crippen molar-refractivity contribution in [2.75, 3.05) is 12.0 Å². The molecule has 1 heterocycles. The largest absolute Gasteiger partial charge is 0.437 e. The van der Waals surface area contributed by atoms with Crippen LogP contribution in [-0.2, 0) is 0 Å². The van der Waals surface area contributed by atoms with Gasteiger partial charge in [-0.1, -0.05) is 0 Å². The molecule has 7 heteroatoms. The fraction of sp³-hybridized carbons (Fsp3) is 0.250. The fourth-order valence-electron chi connectivity index (χ4n) is 1.90. The monoisotopic (exact) mass is 398 g/mol. The third-order valence-corrected chi connectivity index (χ3v) is 4.36. The van der Waals surface area contributed by atoms with E-state index in [0.29, 0.717) is 15.8 Å². The van der Waals surface area contributed by atoms with Crippen molar-refractivity contribution in [3.05, 3.63) is 52.4 Å². The van der Waals surface area contributed by atoms with Crippen LogP contribution in [0.3, 0.4) is 0 Å². The van der Waals surface area contributed by atoms with Crippen molar-refractivity contribution < 1.29 is 13.9 Å². The summed E-state index contributed by atoms with van der Waals surface area (Å²) in [5.74, 6) is 0.734. The number of thioether (sulfide) groups is 1. The van der Waals surface area contributed by atoms with Gasteiger partial charge in [0.1, 0.15) is 17.1 Å². The Kier molecular flexibility index (Phi) is 6.41. The minimum atomic E-state index is -0.380. The highest BCUT2D eigenvalue weighted by Gasteiger charge is 2.17. The summed E-state index contributed by atoms with van der Waals surface area (Å²) in [7, 11) is 0. The molecule has 0 bridgehead atoms. The standard InChI is InChI=1S/C16H16BrFN2O2S/c1-10(9-23-2)20-15(21)12-4-3-7-19-16(12)22-14-6-5-11(18)8-13(14)17/h3-8,10H,9H2,1-2H3,(H,20,21)/t10-/m1/s1. The molecule has 0 fully saturated rings. The van der Waals surface area contributed by atoms with E-state index in [0.717, 1.165) is 5.75 Å². The van der Waals surface area contributed by atoms with Crippen molar-refractivity contribution in [1.29, 1.82) is 0 Å². The molecule has 0 unspecified atom stereocenters. The number of nitrogens with zero attached hydrogens (tertiary/aromatic N) is 1. The maximum absolute atomic E-state index is 13.1. The van der Waals surface area contributed by atoms with E-state index in [1.165, 1.54) is 24.4 Å². The molecule has 1 N–H and O–H groups in total. The SMILES string of the molecule is CSC[C@@H](C)NC(=O)c1cccnc1Oc1ccc(F)cc1Br. The molecule has 23 heavy (non-hydrogen) atoms. The van der Waals surface area contributed by atoms with E-state index in [2.05, 4.69) is 26.2 Å². The summed E-state index contributed by atoms with van der Waals surface area (Å²) in [5.41, 5.74) is 0.330. The molecule has 2 aromatic rings. The quantitative estimate of drug-likeness (QED) is 0.789. The highest BCUT2D eigenvalue weighted by molar-refractivity contribution is 9.10. The average molecular weight is 399 g/mol. The van der Waals surface area contributed by atoms with Gasteiger partial charge >= 0.3 is 0 Å². The van der Waals surface area contributed by atoms with E-state index in [4.69, 9.17) is 4.74 Å².